The Balaban J connectivity index is 1.02. The minimum absolute atomic E-state index is 0.627. The van der Waals surface area contributed by atoms with E-state index in [1.54, 1.807) is 0 Å². The molecule has 10 aromatic carbocycles. The normalized spacial score (nSPS) is 11.8. The van der Waals surface area contributed by atoms with Crippen LogP contribution in [0.4, 0.5) is 0 Å². The molecule has 0 atom stereocenters. The van der Waals surface area contributed by atoms with Gasteiger partial charge in [-0.15, -0.1) is 0 Å². The highest BCUT2D eigenvalue weighted by atomic mass is 15.0. The summed E-state index contributed by atoms with van der Waals surface area (Å²) in [5, 5.41) is 9.71. The number of hydrogen-bond acceptors (Lipinski definition) is 3. The second-order valence-electron chi connectivity index (χ2n) is 16.4. The van der Waals surface area contributed by atoms with Crippen LogP contribution in [0.25, 0.3) is 122 Å². The minimum Gasteiger partial charge on any atom is -0.309 e. The molecule has 0 aliphatic rings. The van der Waals surface area contributed by atoms with Gasteiger partial charge in [-0.1, -0.05) is 158 Å². The number of fused-ring (bicyclic) bond motifs is 9. The predicted molar refractivity (Wildman–Crippen MR) is 265 cm³/mol. The number of nitrogens with zero attached hydrogens (tertiary/aromatic N) is 5. The minimum atomic E-state index is 0.627. The van der Waals surface area contributed by atoms with Crippen molar-refractivity contribution >= 4 is 65.2 Å². The molecule has 13 aromatic rings. The number of aromatic nitrogens is 5. The zero-order valence-corrected chi connectivity index (χ0v) is 34.6. The molecule has 0 aliphatic carbocycles. The Kier molecular flexibility index (Phi) is 8.15. The third-order valence-electron chi connectivity index (χ3n) is 12.7. The maximum absolute atomic E-state index is 5.11. The fourth-order valence-electron chi connectivity index (χ4n) is 9.77. The third-order valence-corrected chi connectivity index (χ3v) is 12.7. The van der Waals surface area contributed by atoms with Gasteiger partial charge in [-0.2, -0.15) is 0 Å². The Morgan fingerprint density at radius 3 is 1.52 bits per heavy atom. The molecule has 0 amide bonds. The SMILES string of the molecule is c1ccc(-c2nc(-c3ccc(-n4c5ccccc5c5cc6c7c8ccccc8c(-c8ccccc8)cc7n(-c7ccccc7)c6cc54)cc3)nc(-c3ccc4ccccc4c3)n2)cc1. The van der Waals surface area contributed by atoms with E-state index in [0.717, 1.165) is 50.0 Å². The average molecular weight is 816 g/mol. The molecule has 5 nitrogen and oxygen atoms in total. The van der Waals surface area contributed by atoms with E-state index in [1.807, 2.05) is 30.3 Å². The van der Waals surface area contributed by atoms with Crippen molar-refractivity contribution in [3.05, 3.63) is 224 Å². The van der Waals surface area contributed by atoms with Crippen LogP contribution in [-0.2, 0) is 0 Å². The fourth-order valence-corrected chi connectivity index (χ4v) is 9.77. The first-order valence-electron chi connectivity index (χ1n) is 21.7. The Morgan fingerprint density at radius 1 is 0.266 bits per heavy atom. The highest BCUT2D eigenvalue weighted by Crippen LogP contribution is 2.44. The quantitative estimate of drug-likeness (QED) is 0.168. The maximum Gasteiger partial charge on any atom is 0.164 e. The molecule has 0 saturated heterocycles. The lowest BCUT2D eigenvalue weighted by atomic mass is 9.94. The molecule has 0 spiro atoms. The molecular formula is C59H37N5. The van der Waals surface area contributed by atoms with Crippen LogP contribution in [0.5, 0.6) is 0 Å². The van der Waals surface area contributed by atoms with Gasteiger partial charge >= 0.3 is 0 Å². The van der Waals surface area contributed by atoms with E-state index < -0.39 is 0 Å². The molecule has 0 bridgehead atoms. The van der Waals surface area contributed by atoms with Crippen molar-refractivity contribution in [2.45, 2.75) is 0 Å². The molecule has 13 rings (SSSR count). The first-order valence-corrected chi connectivity index (χ1v) is 21.7. The summed E-state index contributed by atoms with van der Waals surface area (Å²) in [4.78, 5) is 15.2. The van der Waals surface area contributed by atoms with Crippen LogP contribution in [0, 0.1) is 0 Å². The van der Waals surface area contributed by atoms with Gasteiger partial charge in [-0.3, -0.25) is 0 Å². The van der Waals surface area contributed by atoms with Gasteiger partial charge in [0.1, 0.15) is 0 Å². The lowest BCUT2D eigenvalue weighted by Gasteiger charge is -2.12. The Hall–Kier alpha value is -8.67. The van der Waals surface area contributed by atoms with Crippen LogP contribution in [-0.4, -0.2) is 24.1 Å². The molecule has 0 aliphatic heterocycles. The van der Waals surface area contributed by atoms with Crippen LogP contribution in [0.2, 0.25) is 0 Å². The monoisotopic (exact) mass is 815 g/mol. The van der Waals surface area contributed by atoms with E-state index in [0.29, 0.717) is 17.5 Å². The van der Waals surface area contributed by atoms with Crippen LogP contribution in [0.15, 0.2) is 224 Å². The van der Waals surface area contributed by atoms with Gasteiger partial charge < -0.3 is 9.13 Å². The number of benzene rings is 10. The summed E-state index contributed by atoms with van der Waals surface area (Å²) in [6, 6.07) is 80.0. The number of hydrogen-bond donors (Lipinski definition) is 0. The smallest absolute Gasteiger partial charge is 0.164 e. The highest BCUT2D eigenvalue weighted by Gasteiger charge is 2.22. The van der Waals surface area contributed by atoms with Gasteiger partial charge in [-0.05, 0) is 99.4 Å². The highest BCUT2D eigenvalue weighted by molar-refractivity contribution is 6.27. The Morgan fingerprint density at radius 2 is 0.781 bits per heavy atom. The molecular weight excluding hydrogens is 779 g/mol. The second-order valence-corrected chi connectivity index (χ2v) is 16.4. The van der Waals surface area contributed by atoms with E-state index in [1.165, 1.54) is 54.3 Å². The maximum atomic E-state index is 5.11. The van der Waals surface area contributed by atoms with Crippen molar-refractivity contribution in [1.29, 1.82) is 0 Å². The van der Waals surface area contributed by atoms with E-state index in [-0.39, 0.29) is 0 Å². The molecule has 0 fully saturated rings. The summed E-state index contributed by atoms with van der Waals surface area (Å²) in [6.45, 7) is 0. The molecule has 5 heteroatoms. The molecule has 298 valence electrons. The Labute approximate surface area is 368 Å². The van der Waals surface area contributed by atoms with Gasteiger partial charge in [0.05, 0.1) is 22.1 Å². The van der Waals surface area contributed by atoms with E-state index >= 15 is 0 Å². The molecule has 0 radical (unpaired) electrons. The molecule has 64 heavy (non-hydrogen) atoms. The first kappa shape index (κ1) is 36.0. The summed E-state index contributed by atoms with van der Waals surface area (Å²) in [6.07, 6.45) is 0. The number of para-hydroxylation sites is 2. The second kappa shape index (κ2) is 14.5. The van der Waals surface area contributed by atoms with Crippen molar-refractivity contribution in [3.63, 3.8) is 0 Å². The van der Waals surface area contributed by atoms with Gasteiger partial charge in [0.2, 0.25) is 0 Å². The number of rotatable bonds is 6. The van der Waals surface area contributed by atoms with Gasteiger partial charge in [0, 0.05) is 49.6 Å². The fraction of sp³-hybridized carbons (Fsp3) is 0. The lowest BCUT2D eigenvalue weighted by Crippen LogP contribution is -2.00. The zero-order chi connectivity index (χ0) is 42.1. The van der Waals surface area contributed by atoms with Crippen molar-refractivity contribution in [3.8, 4) is 56.7 Å². The predicted octanol–water partition coefficient (Wildman–Crippen LogP) is 15.0. The standard InChI is InChI=1S/C59H37N5/c1-4-17-39(18-5-1)49-36-55-56(48-26-13-12-24-46(48)49)51-35-50-47-25-14-15-27-52(47)63(53(50)37-54(51)64(55)44-22-8-3-9-23-44)45-32-30-41(31-33-45)58-60-57(40-19-6-2-7-20-40)61-59(62-58)43-29-28-38-16-10-11-21-42(38)34-43/h1-37H. The zero-order valence-electron chi connectivity index (χ0n) is 34.6. The van der Waals surface area contributed by atoms with Crippen molar-refractivity contribution in [1.82, 2.24) is 24.1 Å². The largest absolute Gasteiger partial charge is 0.309 e. The summed E-state index contributed by atoms with van der Waals surface area (Å²) < 4.78 is 4.85. The summed E-state index contributed by atoms with van der Waals surface area (Å²) in [5.41, 5.74) is 12.0. The van der Waals surface area contributed by atoms with Gasteiger partial charge in [0.25, 0.3) is 0 Å². The summed E-state index contributed by atoms with van der Waals surface area (Å²) >= 11 is 0. The first-order chi connectivity index (χ1) is 31.7. The molecule has 0 N–H and O–H groups in total. The van der Waals surface area contributed by atoms with Crippen LogP contribution in [0.1, 0.15) is 0 Å². The van der Waals surface area contributed by atoms with Crippen LogP contribution in [0.3, 0.4) is 0 Å². The lowest BCUT2D eigenvalue weighted by molar-refractivity contribution is 1.07. The van der Waals surface area contributed by atoms with Gasteiger partial charge in [0.15, 0.2) is 17.5 Å². The van der Waals surface area contributed by atoms with Crippen molar-refractivity contribution < 1.29 is 0 Å². The van der Waals surface area contributed by atoms with Crippen molar-refractivity contribution in [2.24, 2.45) is 0 Å². The molecule has 3 aromatic heterocycles. The summed E-state index contributed by atoms with van der Waals surface area (Å²) in [5.74, 6) is 1.91. The van der Waals surface area contributed by atoms with Gasteiger partial charge in [-0.25, -0.2) is 15.0 Å². The third kappa shape index (κ3) is 5.75. The van der Waals surface area contributed by atoms with Crippen LogP contribution >= 0.6 is 0 Å². The van der Waals surface area contributed by atoms with E-state index in [4.69, 9.17) is 15.0 Å². The molecule has 3 heterocycles. The van der Waals surface area contributed by atoms with Crippen LogP contribution < -0.4 is 0 Å². The molecule has 0 unspecified atom stereocenters. The average Bonchev–Trinajstić information content (AvgIpc) is 3.87. The van der Waals surface area contributed by atoms with E-state index in [2.05, 4.69) is 203 Å². The summed E-state index contributed by atoms with van der Waals surface area (Å²) in [7, 11) is 0. The molecule has 0 saturated carbocycles. The van der Waals surface area contributed by atoms with E-state index in [9.17, 15) is 0 Å². The Bertz CT molecular complexity index is 3930. The van der Waals surface area contributed by atoms with Crippen molar-refractivity contribution in [2.75, 3.05) is 0 Å². The topological polar surface area (TPSA) is 48.5 Å².